The van der Waals surface area contributed by atoms with E-state index < -0.39 is 0 Å². The van der Waals surface area contributed by atoms with Crippen molar-refractivity contribution < 1.29 is 4.79 Å². The zero-order valence-electron chi connectivity index (χ0n) is 9.64. The van der Waals surface area contributed by atoms with Crippen molar-refractivity contribution in [1.29, 1.82) is 0 Å². The maximum absolute atomic E-state index is 12.0. The molecule has 1 atom stereocenters. The third-order valence-electron chi connectivity index (χ3n) is 2.46. The Labute approximate surface area is 120 Å². The predicted molar refractivity (Wildman–Crippen MR) is 76.0 cm³/mol. The summed E-state index contributed by atoms with van der Waals surface area (Å²) in [4.78, 5) is 12.0. The average Bonchev–Trinajstić information content (AvgIpc) is 2.28. The molecule has 0 saturated carbocycles. The molecule has 1 rings (SSSR count). The summed E-state index contributed by atoms with van der Waals surface area (Å²) in [5.41, 5.74) is 0.455. The van der Waals surface area contributed by atoms with Crippen LogP contribution in [0.25, 0.3) is 0 Å². The van der Waals surface area contributed by atoms with E-state index in [0.29, 0.717) is 16.5 Å². The van der Waals surface area contributed by atoms with Gasteiger partial charge in [-0.15, -0.1) is 11.6 Å². The van der Waals surface area contributed by atoms with Gasteiger partial charge in [0.15, 0.2) is 0 Å². The number of carbonyl (C=O) groups excluding carboxylic acids is 1. The number of amides is 1. The first-order chi connectivity index (χ1) is 7.95. The molecular weight excluding hydrogens is 325 g/mol. The number of alkyl halides is 1. The lowest BCUT2D eigenvalue weighted by Crippen LogP contribution is -2.39. The molecule has 0 radical (unpaired) electrons. The molecule has 0 aliphatic heterocycles. The van der Waals surface area contributed by atoms with E-state index in [1.54, 1.807) is 18.2 Å². The minimum atomic E-state index is -0.198. The Morgan fingerprint density at radius 1 is 1.47 bits per heavy atom. The van der Waals surface area contributed by atoms with Crippen molar-refractivity contribution >= 4 is 45.0 Å². The van der Waals surface area contributed by atoms with Crippen molar-refractivity contribution in [2.45, 2.75) is 19.9 Å². The lowest BCUT2D eigenvalue weighted by molar-refractivity contribution is 0.0931. The Kier molecular flexibility index (Phi) is 5.77. The van der Waals surface area contributed by atoms with Crippen LogP contribution in [-0.2, 0) is 0 Å². The topological polar surface area (TPSA) is 29.1 Å². The van der Waals surface area contributed by atoms with Gasteiger partial charge in [0.2, 0.25) is 0 Å². The fraction of sp³-hybridized carbons (Fsp3) is 0.417. The van der Waals surface area contributed by atoms with Crippen molar-refractivity contribution in [3.8, 4) is 0 Å². The van der Waals surface area contributed by atoms with Crippen LogP contribution in [0.5, 0.6) is 0 Å². The van der Waals surface area contributed by atoms with Crippen LogP contribution in [-0.4, -0.2) is 17.8 Å². The van der Waals surface area contributed by atoms with Gasteiger partial charge in [0.25, 0.3) is 5.91 Å². The molecule has 94 valence electrons. The summed E-state index contributed by atoms with van der Waals surface area (Å²) in [6.07, 6.45) is 0. The molecule has 0 fully saturated rings. The van der Waals surface area contributed by atoms with Crippen molar-refractivity contribution in [1.82, 2.24) is 5.32 Å². The Hall–Kier alpha value is -0.250. The highest BCUT2D eigenvalue weighted by atomic mass is 79.9. The fourth-order valence-electron chi connectivity index (χ4n) is 1.30. The van der Waals surface area contributed by atoms with E-state index in [4.69, 9.17) is 23.2 Å². The fourth-order valence-corrected chi connectivity index (χ4v) is 2.30. The molecular formula is C12H14BrCl2NO. The highest BCUT2D eigenvalue weighted by Crippen LogP contribution is 2.21. The molecule has 1 aromatic carbocycles. The Morgan fingerprint density at radius 2 is 2.12 bits per heavy atom. The van der Waals surface area contributed by atoms with Gasteiger partial charge in [-0.3, -0.25) is 4.79 Å². The summed E-state index contributed by atoms with van der Waals surface area (Å²) in [6, 6.07) is 5.12. The molecule has 17 heavy (non-hydrogen) atoms. The summed E-state index contributed by atoms with van der Waals surface area (Å²) in [7, 11) is 0. The first-order valence-corrected chi connectivity index (χ1v) is 6.98. The Bertz CT molecular complexity index is 409. The second-order valence-electron chi connectivity index (χ2n) is 4.10. The highest BCUT2D eigenvalue weighted by molar-refractivity contribution is 9.10. The number of nitrogens with one attached hydrogen (secondary N) is 1. The van der Waals surface area contributed by atoms with Gasteiger partial charge in [-0.05, 0) is 24.1 Å². The number of hydrogen-bond donors (Lipinski definition) is 1. The van der Waals surface area contributed by atoms with Gasteiger partial charge in [-0.2, -0.15) is 0 Å². The molecule has 0 spiro atoms. The molecule has 1 aromatic rings. The van der Waals surface area contributed by atoms with Crippen LogP contribution in [0.4, 0.5) is 0 Å². The lowest BCUT2D eigenvalue weighted by atomic mass is 10.1. The number of halogens is 3. The van der Waals surface area contributed by atoms with Crippen LogP contribution in [0.2, 0.25) is 5.02 Å². The molecule has 0 aliphatic carbocycles. The van der Waals surface area contributed by atoms with Crippen molar-refractivity contribution in [3.05, 3.63) is 33.3 Å². The largest absolute Gasteiger partial charge is 0.348 e. The van der Waals surface area contributed by atoms with Crippen molar-refractivity contribution in [3.63, 3.8) is 0 Å². The van der Waals surface area contributed by atoms with Crippen LogP contribution in [0.3, 0.4) is 0 Å². The van der Waals surface area contributed by atoms with E-state index in [-0.39, 0.29) is 17.9 Å². The zero-order valence-corrected chi connectivity index (χ0v) is 12.7. The Balaban J connectivity index is 2.86. The number of carbonyl (C=O) groups is 1. The monoisotopic (exact) mass is 337 g/mol. The summed E-state index contributed by atoms with van der Waals surface area (Å²) in [5.74, 6) is 0.465. The van der Waals surface area contributed by atoms with E-state index in [2.05, 4.69) is 21.2 Å². The number of rotatable bonds is 4. The molecule has 1 unspecified atom stereocenters. The minimum Gasteiger partial charge on any atom is -0.348 e. The predicted octanol–water partition coefficient (Wildman–Crippen LogP) is 4.10. The third kappa shape index (κ3) is 4.16. The molecule has 1 amide bonds. The number of hydrogen-bond acceptors (Lipinski definition) is 1. The minimum absolute atomic E-state index is 0.0563. The van der Waals surface area contributed by atoms with E-state index >= 15 is 0 Å². The lowest BCUT2D eigenvalue weighted by Gasteiger charge is -2.20. The van der Waals surface area contributed by atoms with Crippen LogP contribution in [0, 0.1) is 5.92 Å². The molecule has 0 aromatic heterocycles. The number of benzene rings is 1. The van der Waals surface area contributed by atoms with Gasteiger partial charge in [-0.1, -0.05) is 41.4 Å². The van der Waals surface area contributed by atoms with Crippen LogP contribution in [0.1, 0.15) is 24.2 Å². The molecule has 0 heterocycles. The van der Waals surface area contributed by atoms with Gasteiger partial charge < -0.3 is 5.32 Å². The van der Waals surface area contributed by atoms with Crippen LogP contribution >= 0.6 is 39.1 Å². The second-order valence-corrected chi connectivity index (χ2v) is 5.73. The van der Waals surface area contributed by atoms with Crippen molar-refractivity contribution in [2.75, 3.05) is 5.88 Å². The van der Waals surface area contributed by atoms with Gasteiger partial charge in [0, 0.05) is 16.4 Å². The maximum Gasteiger partial charge on any atom is 0.253 e. The van der Waals surface area contributed by atoms with E-state index in [0.717, 1.165) is 4.47 Å². The molecule has 0 bridgehead atoms. The first kappa shape index (κ1) is 14.8. The Morgan fingerprint density at radius 3 is 2.65 bits per heavy atom. The SMILES string of the molecule is CC(C)C(CCl)NC(=O)c1cc(Br)ccc1Cl. The zero-order chi connectivity index (χ0) is 13.0. The standard InChI is InChI=1S/C12H14BrCl2NO/c1-7(2)11(6-14)16-12(17)9-5-8(13)3-4-10(9)15/h3-5,7,11H,6H2,1-2H3,(H,16,17). The van der Waals surface area contributed by atoms with Gasteiger partial charge in [0.05, 0.1) is 10.6 Å². The van der Waals surface area contributed by atoms with Crippen LogP contribution in [0.15, 0.2) is 22.7 Å². The summed E-state index contributed by atoms with van der Waals surface area (Å²) in [6.45, 7) is 4.02. The molecule has 1 N–H and O–H groups in total. The quantitative estimate of drug-likeness (QED) is 0.823. The summed E-state index contributed by atoms with van der Waals surface area (Å²) >= 11 is 15.1. The third-order valence-corrected chi connectivity index (χ3v) is 3.62. The summed E-state index contributed by atoms with van der Waals surface area (Å²) < 4.78 is 0.819. The van der Waals surface area contributed by atoms with Gasteiger partial charge in [-0.25, -0.2) is 0 Å². The van der Waals surface area contributed by atoms with Gasteiger partial charge in [0.1, 0.15) is 0 Å². The van der Waals surface area contributed by atoms with E-state index in [1.807, 2.05) is 13.8 Å². The molecule has 0 saturated heterocycles. The highest BCUT2D eigenvalue weighted by Gasteiger charge is 2.18. The maximum atomic E-state index is 12.0. The second kappa shape index (κ2) is 6.62. The van der Waals surface area contributed by atoms with Crippen LogP contribution < -0.4 is 5.32 Å². The van der Waals surface area contributed by atoms with Gasteiger partial charge >= 0.3 is 0 Å². The molecule has 5 heteroatoms. The smallest absolute Gasteiger partial charge is 0.253 e. The average molecular weight is 339 g/mol. The molecule has 0 aliphatic rings. The molecule has 2 nitrogen and oxygen atoms in total. The normalized spacial score (nSPS) is 12.6. The van der Waals surface area contributed by atoms with E-state index in [9.17, 15) is 4.79 Å². The van der Waals surface area contributed by atoms with E-state index in [1.165, 1.54) is 0 Å². The van der Waals surface area contributed by atoms with Crippen molar-refractivity contribution in [2.24, 2.45) is 5.92 Å². The first-order valence-electron chi connectivity index (χ1n) is 5.27. The summed E-state index contributed by atoms with van der Waals surface area (Å²) in [5, 5.41) is 3.31.